The lowest BCUT2D eigenvalue weighted by molar-refractivity contribution is 0.102. The van der Waals surface area contributed by atoms with Crippen molar-refractivity contribution in [1.29, 1.82) is 0 Å². The van der Waals surface area contributed by atoms with Gasteiger partial charge in [0.05, 0.1) is 6.54 Å². The van der Waals surface area contributed by atoms with Crippen LogP contribution in [0.15, 0.2) is 48.7 Å². The topological polar surface area (TPSA) is 46.9 Å². The number of carbonyl (C=O) groups excluding carboxylic acids is 1. The molecule has 1 amide bonds. The fourth-order valence-electron chi connectivity index (χ4n) is 2.39. The molecule has 0 spiro atoms. The summed E-state index contributed by atoms with van der Waals surface area (Å²) in [4.78, 5) is 12.4. The van der Waals surface area contributed by atoms with E-state index in [2.05, 4.69) is 10.4 Å². The molecule has 7 heteroatoms. The van der Waals surface area contributed by atoms with Crippen LogP contribution < -0.4 is 5.32 Å². The van der Waals surface area contributed by atoms with Crippen LogP contribution in [0.1, 0.15) is 21.5 Å². The van der Waals surface area contributed by atoms with Crippen molar-refractivity contribution in [2.24, 2.45) is 0 Å². The first kappa shape index (κ1) is 17.8. The Bertz CT molecular complexity index is 937. The lowest BCUT2D eigenvalue weighted by atomic mass is 10.1. The molecule has 4 nitrogen and oxygen atoms in total. The van der Waals surface area contributed by atoms with Gasteiger partial charge in [-0.15, -0.1) is 0 Å². The highest BCUT2D eigenvalue weighted by Crippen LogP contribution is 2.24. The molecule has 0 aliphatic rings. The zero-order chi connectivity index (χ0) is 18.0. The van der Waals surface area contributed by atoms with E-state index in [9.17, 15) is 4.79 Å². The number of anilines is 1. The number of halogens is 3. The molecule has 0 bridgehead atoms. The number of benzene rings is 2. The van der Waals surface area contributed by atoms with Gasteiger partial charge in [0.2, 0.25) is 0 Å². The summed E-state index contributed by atoms with van der Waals surface area (Å²) in [7, 11) is 0. The molecule has 0 fully saturated rings. The fourth-order valence-corrected chi connectivity index (χ4v) is 3.06. The Labute approximate surface area is 160 Å². The average Bonchev–Trinajstić information content (AvgIpc) is 2.90. The molecule has 2 aromatic carbocycles. The van der Waals surface area contributed by atoms with E-state index in [1.165, 1.54) is 0 Å². The predicted octanol–water partition coefficient (Wildman–Crippen LogP) is 5.45. The van der Waals surface area contributed by atoms with Gasteiger partial charge in [0.15, 0.2) is 5.82 Å². The van der Waals surface area contributed by atoms with Gasteiger partial charge in [0.1, 0.15) is 5.02 Å². The molecule has 1 aromatic heterocycles. The number of hydrogen-bond donors (Lipinski definition) is 1. The monoisotopic (exact) mass is 393 g/mol. The van der Waals surface area contributed by atoms with Gasteiger partial charge in [-0.2, -0.15) is 5.10 Å². The van der Waals surface area contributed by atoms with Crippen LogP contribution in [0.5, 0.6) is 0 Å². The van der Waals surface area contributed by atoms with Crippen LogP contribution in [-0.2, 0) is 6.54 Å². The van der Waals surface area contributed by atoms with Gasteiger partial charge in [-0.25, -0.2) is 0 Å². The molecule has 128 valence electrons. The van der Waals surface area contributed by atoms with Gasteiger partial charge >= 0.3 is 0 Å². The van der Waals surface area contributed by atoms with Crippen molar-refractivity contribution in [1.82, 2.24) is 9.78 Å². The molecule has 0 aliphatic heterocycles. The Balaban J connectivity index is 1.78. The van der Waals surface area contributed by atoms with Crippen LogP contribution in [0, 0.1) is 6.92 Å². The lowest BCUT2D eigenvalue weighted by Gasteiger charge is -2.06. The normalized spacial score (nSPS) is 10.7. The van der Waals surface area contributed by atoms with Gasteiger partial charge in [0, 0.05) is 21.8 Å². The molecule has 0 atom stereocenters. The maximum Gasteiger partial charge on any atom is 0.257 e. The molecule has 0 saturated heterocycles. The second kappa shape index (κ2) is 7.48. The summed E-state index contributed by atoms with van der Waals surface area (Å²) in [6.07, 6.45) is 1.64. The summed E-state index contributed by atoms with van der Waals surface area (Å²) in [5.74, 6) is 0.0507. The van der Waals surface area contributed by atoms with Crippen LogP contribution in [-0.4, -0.2) is 15.7 Å². The zero-order valence-corrected chi connectivity index (χ0v) is 15.5. The maximum atomic E-state index is 12.4. The van der Waals surface area contributed by atoms with Crippen molar-refractivity contribution in [2.45, 2.75) is 13.5 Å². The van der Waals surface area contributed by atoms with Gasteiger partial charge in [-0.3, -0.25) is 9.48 Å². The number of amides is 1. The number of aromatic nitrogens is 2. The number of rotatable bonds is 4. The van der Waals surface area contributed by atoms with E-state index in [0.29, 0.717) is 33.0 Å². The first-order valence-corrected chi connectivity index (χ1v) is 8.61. The van der Waals surface area contributed by atoms with Crippen molar-refractivity contribution in [2.75, 3.05) is 5.32 Å². The molecule has 0 saturated carbocycles. The van der Waals surface area contributed by atoms with E-state index in [-0.39, 0.29) is 5.91 Å². The van der Waals surface area contributed by atoms with Crippen molar-refractivity contribution < 1.29 is 4.79 Å². The van der Waals surface area contributed by atoms with E-state index < -0.39 is 0 Å². The largest absolute Gasteiger partial charge is 0.304 e. The van der Waals surface area contributed by atoms with Crippen molar-refractivity contribution in [3.8, 4) is 0 Å². The van der Waals surface area contributed by atoms with Gasteiger partial charge in [-0.1, -0.05) is 59.1 Å². The molecule has 1 heterocycles. The minimum absolute atomic E-state index is 0.255. The third-order valence-corrected chi connectivity index (χ3v) is 4.55. The predicted molar refractivity (Wildman–Crippen MR) is 102 cm³/mol. The average molecular weight is 395 g/mol. The Morgan fingerprint density at radius 1 is 1.12 bits per heavy atom. The quantitative estimate of drug-likeness (QED) is 0.639. The van der Waals surface area contributed by atoms with E-state index in [4.69, 9.17) is 34.8 Å². The van der Waals surface area contributed by atoms with Crippen LogP contribution in [0.25, 0.3) is 0 Å². The molecular weight excluding hydrogens is 381 g/mol. The maximum absolute atomic E-state index is 12.4. The Kier molecular flexibility index (Phi) is 5.33. The Hall–Kier alpha value is -2.01. The summed E-state index contributed by atoms with van der Waals surface area (Å²) < 4.78 is 1.62. The second-order valence-corrected chi connectivity index (χ2v) is 6.78. The number of aryl methyl sites for hydroxylation is 1. The summed E-state index contributed by atoms with van der Waals surface area (Å²) in [5.41, 5.74) is 2.30. The SMILES string of the molecule is Cc1ccccc1C(=O)Nc1nn(Cc2ccc(Cl)cc2Cl)cc1Cl. The number of nitrogens with one attached hydrogen (secondary N) is 1. The number of carbonyl (C=O) groups is 1. The Morgan fingerprint density at radius 2 is 1.88 bits per heavy atom. The van der Waals surface area contributed by atoms with Crippen molar-refractivity contribution in [3.63, 3.8) is 0 Å². The standard InChI is InChI=1S/C18H14Cl3N3O/c1-11-4-2-3-5-14(11)18(25)22-17-16(21)10-24(23-17)9-12-6-7-13(19)8-15(12)20/h2-8,10H,9H2,1H3,(H,22,23,25). The van der Waals surface area contributed by atoms with Crippen molar-refractivity contribution in [3.05, 3.63) is 80.4 Å². The minimum Gasteiger partial charge on any atom is -0.304 e. The molecule has 3 aromatic rings. The van der Waals surface area contributed by atoms with E-state index in [1.54, 1.807) is 29.1 Å². The molecule has 0 aliphatic carbocycles. The number of hydrogen-bond acceptors (Lipinski definition) is 2. The highest BCUT2D eigenvalue weighted by atomic mass is 35.5. The van der Waals surface area contributed by atoms with E-state index in [1.807, 2.05) is 31.2 Å². The lowest BCUT2D eigenvalue weighted by Crippen LogP contribution is -2.14. The van der Waals surface area contributed by atoms with Gasteiger partial charge in [0.25, 0.3) is 5.91 Å². The van der Waals surface area contributed by atoms with Crippen molar-refractivity contribution >= 4 is 46.5 Å². The van der Waals surface area contributed by atoms with Crippen LogP contribution in [0.4, 0.5) is 5.82 Å². The molecule has 0 radical (unpaired) electrons. The Morgan fingerprint density at radius 3 is 2.60 bits per heavy atom. The van der Waals surface area contributed by atoms with Crippen LogP contribution in [0.3, 0.4) is 0 Å². The molecule has 0 unspecified atom stereocenters. The number of nitrogens with zero attached hydrogens (tertiary/aromatic N) is 2. The third-order valence-electron chi connectivity index (χ3n) is 3.69. The summed E-state index contributed by atoms with van der Waals surface area (Å²) in [6, 6.07) is 12.6. The van der Waals surface area contributed by atoms with E-state index >= 15 is 0 Å². The summed E-state index contributed by atoms with van der Waals surface area (Å²) in [5, 5.41) is 8.53. The molecular formula is C18H14Cl3N3O. The second-order valence-electron chi connectivity index (χ2n) is 5.53. The fraction of sp³-hybridized carbons (Fsp3) is 0.111. The third kappa shape index (κ3) is 4.15. The molecule has 1 N–H and O–H groups in total. The van der Waals surface area contributed by atoms with Gasteiger partial charge < -0.3 is 5.32 Å². The summed E-state index contributed by atoms with van der Waals surface area (Å²) >= 11 is 18.3. The minimum atomic E-state index is -0.255. The molecule has 3 rings (SSSR count). The van der Waals surface area contributed by atoms with Crippen LogP contribution in [0.2, 0.25) is 15.1 Å². The smallest absolute Gasteiger partial charge is 0.257 e. The highest BCUT2D eigenvalue weighted by Gasteiger charge is 2.14. The zero-order valence-electron chi connectivity index (χ0n) is 13.3. The summed E-state index contributed by atoms with van der Waals surface area (Å²) in [6.45, 7) is 2.29. The first-order chi connectivity index (χ1) is 11.9. The highest BCUT2D eigenvalue weighted by molar-refractivity contribution is 6.35. The van der Waals surface area contributed by atoms with E-state index in [0.717, 1.165) is 11.1 Å². The van der Waals surface area contributed by atoms with Gasteiger partial charge in [-0.05, 0) is 36.2 Å². The van der Waals surface area contributed by atoms with Crippen LogP contribution >= 0.6 is 34.8 Å². The molecule has 25 heavy (non-hydrogen) atoms. The first-order valence-electron chi connectivity index (χ1n) is 7.48.